The summed E-state index contributed by atoms with van der Waals surface area (Å²) in [5, 5.41) is 8.55. The number of urea groups is 1. The molecule has 0 aliphatic heterocycles. The molecule has 0 bridgehead atoms. The van der Waals surface area contributed by atoms with Crippen LogP contribution in [0.1, 0.15) is 18.4 Å². The fraction of sp³-hybridized carbons (Fsp3) is 0.462. The Morgan fingerprint density at radius 3 is 2.63 bits per heavy atom. The zero-order valence-corrected chi connectivity index (χ0v) is 11.2. The van der Waals surface area contributed by atoms with Gasteiger partial charge in [-0.05, 0) is 18.1 Å². The molecule has 0 aromatic carbocycles. The summed E-state index contributed by atoms with van der Waals surface area (Å²) in [6.07, 6.45) is 3.93. The topological polar surface area (TPSA) is 73.7 Å². The molecule has 6 nitrogen and oxygen atoms in total. The number of carboxylic acid groups (broad SMARTS) is 1. The van der Waals surface area contributed by atoms with Gasteiger partial charge in [-0.3, -0.25) is 9.78 Å². The van der Waals surface area contributed by atoms with Gasteiger partial charge in [0.05, 0.1) is 0 Å². The number of amides is 2. The summed E-state index contributed by atoms with van der Waals surface area (Å²) in [7, 11) is 3.38. The maximum Gasteiger partial charge on any atom is 0.319 e. The van der Waals surface area contributed by atoms with Gasteiger partial charge in [-0.2, -0.15) is 0 Å². The van der Waals surface area contributed by atoms with Crippen molar-refractivity contribution in [2.24, 2.45) is 0 Å². The number of rotatable bonds is 6. The van der Waals surface area contributed by atoms with Gasteiger partial charge in [0.2, 0.25) is 0 Å². The average Bonchev–Trinajstić information content (AvgIpc) is 2.38. The molecule has 1 rings (SSSR count). The minimum absolute atomic E-state index is 0.0734. The number of hydrogen-bond donors (Lipinski definition) is 1. The molecule has 0 aliphatic carbocycles. The molecule has 1 aromatic rings. The van der Waals surface area contributed by atoms with Gasteiger partial charge in [0.25, 0.3) is 0 Å². The van der Waals surface area contributed by atoms with E-state index in [1.165, 1.54) is 4.90 Å². The lowest BCUT2D eigenvalue weighted by molar-refractivity contribution is -0.137. The van der Waals surface area contributed by atoms with Crippen molar-refractivity contribution in [2.45, 2.75) is 19.4 Å². The molecule has 19 heavy (non-hydrogen) atoms. The Bertz CT molecular complexity index is 422. The zero-order chi connectivity index (χ0) is 14.3. The summed E-state index contributed by atoms with van der Waals surface area (Å²) < 4.78 is 0. The summed E-state index contributed by atoms with van der Waals surface area (Å²) in [5.41, 5.74) is 0.956. The Hall–Kier alpha value is -2.11. The molecule has 0 fully saturated rings. The van der Waals surface area contributed by atoms with Crippen LogP contribution in [0.15, 0.2) is 24.5 Å². The lowest BCUT2D eigenvalue weighted by Crippen LogP contribution is -2.38. The van der Waals surface area contributed by atoms with Gasteiger partial charge in [-0.1, -0.05) is 6.07 Å². The molecule has 0 atom stereocenters. The van der Waals surface area contributed by atoms with Crippen LogP contribution in [0, 0.1) is 0 Å². The van der Waals surface area contributed by atoms with Gasteiger partial charge < -0.3 is 14.9 Å². The van der Waals surface area contributed by atoms with Crippen LogP contribution in [0.4, 0.5) is 4.79 Å². The maximum absolute atomic E-state index is 12.0. The first-order chi connectivity index (χ1) is 9.00. The van der Waals surface area contributed by atoms with Crippen LogP contribution >= 0.6 is 0 Å². The van der Waals surface area contributed by atoms with Gasteiger partial charge in [-0.25, -0.2) is 4.79 Å². The lowest BCUT2D eigenvalue weighted by Gasteiger charge is -2.24. The maximum atomic E-state index is 12.0. The molecule has 2 amide bonds. The molecule has 0 saturated heterocycles. The number of nitrogens with zero attached hydrogens (tertiary/aromatic N) is 3. The smallest absolute Gasteiger partial charge is 0.319 e. The molecule has 104 valence electrons. The van der Waals surface area contributed by atoms with E-state index in [0.29, 0.717) is 19.5 Å². The van der Waals surface area contributed by atoms with E-state index < -0.39 is 5.97 Å². The number of pyridine rings is 1. The van der Waals surface area contributed by atoms with E-state index in [1.807, 2.05) is 12.1 Å². The number of aromatic nitrogens is 1. The Morgan fingerprint density at radius 1 is 1.32 bits per heavy atom. The van der Waals surface area contributed by atoms with E-state index in [-0.39, 0.29) is 12.5 Å². The summed E-state index contributed by atoms with van der Waals surface area (Å²) in [5.74, 6) is -0.843. The third kappa shape index (κ3) is 5.37. The Labute approximate surface area is 112 Å². The fourth-order valence-electron chi connectivity index (χ4n) is 1.69. The van der Waals surface area contributed by atoms with Crippen LogP contribution < -0.4 is 0 Å². The van der Waals surface area contributed by atoms with Crippen LogP contribution in [0.2, 0.25) is 0 Å². The molecule has 0 aliphatic rings. The van der Waals surface area contributed by atoms with E-state index in [9.17, 15) is 9.59 Å². The van der Waals surface area contributed by atoms with Crippen LogP contribution in [0.25, 0.3) is 0 Å². The molecular weight excluding hydrogens is 246 g/mol. The van der Waals surface area contributed by atoms with Gasteiger partial charge in [0.1, 0.15) is 0 Å². The number of carbonyl (C=O) groups is 2. The van der Waals surface area contributed by atoms with Crippen LogP contribution in [0.5, 0.6) is 0 Å². The van der Waals surface area contributed by atoms with Crippen molar-refractivity contribution in [1.29, 1.82) is 0 Å². The number of aliphatic carboxylic acids is 1. The van der Waals surface area contributed by atoms with E-state index in [1.54, 1.807) is 31.4 Å². The Morgan fingerprint density at radius 2 is 2.05 bits per heavy atom. The van der Waals surface area contributed by atoms with Gasteiger partial charge >= 0.3 is 12.0 Å². The van der Waals surface area contributed by atoms with Crippen molar-refractivity contribution in [2.75, 3.05) is 20.6 Å². The predicted molar refractivity (Wildman–Crippen MR) is 70.6 cm³/mol. The predicted octanol–water partition coefficient (Wildman–Crippen LogP) is 1.43. The summed E-state index contributed by atoms with van der Waals surface area (Å²) >= 11 is 0. The van der Waals surface area contributed by atoms with Crippen molar-refractivity contribution < 1.29 is 14.7 Å². The van der Waals surface area contributed by atoms with Crippen LogP contribution in [-0.2, 0) is 11.3 Å². The summed E-state index contributed by atoms with van der Waals surface area (Å²) in [4.78, 5) is 29.5. The highest BCUT2D eigenvalue weighted by atomic mass is 16.4. The monoisotopic (exact) mass is 265 g/mol. The minimum Gasteiger partial charge on any atom is -0.481 e. The molecular formula is C13H19N3O3. The minimum atomic E-state index is -0.843. The number of carbonyl (C=O) groups excluding carboxylic acids is 1. The third-order valence-electron chi connectivity index (χ3n) is 2.68. The van der Waals surface area contributed by atoms with Crippen LogP contribution in [0.3, 0.4) is 0 Å². The second-order valence-corrected chi connectivity index (χ2v) is 4.42. The van der Waals surface area contributed by atoms with E-state index in [4.69, 9.17) is 5.11 Å². The standard InChI is InChI=1S/C13H19N3O3/c1-15(8-4-6-12(17)18)13(19)16(2)10-11-5-3-7-14-9-11/h3,5,7,9H,4,6,8,10H2,1-2H3,(H,17,18). The zero-order valence-electron chi connectivity index (χ0n) is 11.2. The first-order valence-electron chi connectivity index (χ1n) is 6.07. The number of carboxylic acids is 1. The molecule has 0 unspecified atom stereocenters. The normalized spacial score (nSPS) is 10.0. The summed E-state index contributed by atoms with van der Waals surface area (Å²) in [6.45, 7) is 0.915. The molecule has 0 radical (unpaired) electrons. The molecule has 6 heteroatoms. The first kappa shape index (κ1) is 14.9. The molecule has 1 heterocycles. The molecule has 1 aromatic heterocycles. The van der Waals surface area contributed by atoms with Gasteiger partial charge in [0.15, 0.2) is 0 Å². The largest absolute Gasteiger partial charge is 0.481 e. The molecule has 1 N–H and O–H groups in total. The lowest BCUT2D eigenvalue weighted by atomic mass is 10.3. The van der Waals surface area contributed by atoms with Crippen molar-refractivity contribution >= 4 is 12.0 Å². The van der Waals surface area contributed by atoms with Crippen molar-refractivity contribution in [1.82, 2.24) is 14.8 Å². The quantitative estimate of drug-likeness (QED) is 0.844. The van der Waals surface area contributed by atoms with E-state index in [0.717, 1.165) is 5.56 Å². The molecule has 0 spiro atoms. The van der Waals surface area contributed by atoms with Crippen molar-refractivity contribution in [3.8, 4) is 0 Å². The second kappa shape index (κ2) is 7.35. The highest BCUT2D eigenvalue weighted by molar-refractivity contribution is 5.74. The first-order valence-corrected chi connectivity index (χ1v) is 6.07. The van der Waals surface area contributed by atoms with Crippen molar-refractivity contribution in [3.63, 3.8) is 0 Å². The fourth-order valence-corrected chi connectivity index (χ4v) is 1.69. The van der Waals surface area contributed by atoms with Crippen molar-refractivity contribution in [3.05, 3.63) is 30.1 Å². The average molecular weight is 265 g/mol. The third-order valence-corrected chi connectivity index (χ3v) is 2.68. The molecule has 0 saturated carbocycles. The Balaban J connectivity index is 2.41. The van der Waals surface area contributed by atoms with Crippen LogP contribution in [-0.4, -0.2) is 52.5 Å². The Kier molecular flexibility index (Phi) is 5.78. The highest BCUT2D eigenvalue weighted by Gasteiger charge is 2.14. The second-order valence-electron chi connectivity index (χ2n) is 4.42. The number of hydrogen-bond acceptors (Lipinski definition) is 3. The SMILES string of the molecule is CN(CCCC(=O)O)C(=O)N(C)Cc1cccnc1. The van der Waals surface area contributed by atoms with E-state index in [2.05, 4.69) is 4.98 Å². The van der Waals surface area contributed by atoms with E-state index >= 15 is 0 Å². The summed E-state index contributed by atoms with van der Waals surface area (Å²) in [6, 6.07) is 3.60. The van der Waals surface area contributed by atoms with Gasteiger partial charge in [-0.15, -0.1) is 0 Å². The highest BCUT2D eigenvalue weighted by Crippen LogP contribution is 2.04. The van der Waals surface area contributed by atoms with Gasteiger partial charge in [0, 0.05) is 46.0 Å².